The van der Waals surface area contributed by atoms with Gasteiger partial charge in [0.25, 0.3) is 0 Å². The summed E-state index contributed by atoms with van der Waals surface area (Å²) in [5.41, 5.74) is 10.8. The van der Waals surface area contributed by atoms with Crippen molar-refractivity contribution in [3.8, 4) is 17.1 Å². The predicted molar refractivity (Wildman–Crippen MR) is 207 cm³/mol. The minimum atomic E-state index is 1.16. The van der Waals surface area contributed by atoms with Crippen LogP contribution in [0.15, 0.2) is 176 Å². The van der Waals surface area contributed by atoms with Gasteiger partial charge in [0.15, 0.2) is 0 Å². The topological polar surface area (TPSA) is 14.8 Å². The molecule has 0 spiro atoms. The van der Waals surface area contributed by atoms with Gasteiger partial charge in [0, 0.05) is 43.7 Å². The van der Waals surface area contributed by atoms with Gasteiger partial charge in [-0.05, 0) is 71.4 Å². The van der Waals surface area contributed by atoms with E-state index in [1.165, 1.54) is 87.6 Å². The lowest BCUT2D eigenvalue weighted by Crippen LogP contribution is -2.00. The molecule has 0 radical (unpaired) electrons. The predicted octanol–water partition coefficient (Wildman–Crippen LogP) is 12.1. The van der Waals surface area contributed by atoms with Crippen LogP contribution in [0.2, 0.25) is 0 Å². The average molecular weight is 624 g/mol. The van der Waals surface area contributed by atoms with Crippen LogP contribution in [0.4, 0.5) is 0 Å². The molecule has 0 fully saturated rings. The van der Waals surface area contributed by atoms with Gasteiger partial charge in [-0.2, -0.15) is 0 Å². The van der Waals surface area contributed by atoms with Gasteiger partial charge in [-0.1, -0.05) is 115 Å². The molecular weight excluding hydrogens is 595 g/mol. The Kier molecular flexibility index (Phi) is 5.38. The van der Waals surface area contributed by atoms with Gasteiger partial charge in [-0.3, -0.25) is 0 Å². The second kappa shape index (κ2) is 9.96. The van der Waals surface area contributed by atoms with E-state index in [4.69, 9.17) is 0 Å². The number of rotatable bonds is 3. The molecule has 0 unspecified atom stereocenters. The zero-order valence-corrected chi connectivity index (χ0v) is 26.6. The molecule has 0 saturated carbocycles. The first-order valence-corrected chi connectivity index (χ1v) is 16.9. The molecule has 228 valence electrons. The molecule has 49 heavy (non-hydrogen) atoms. The van der Waals surface area contributed by atoms with E-state index >= 15 is 0 Å². The Bertz CT molecular complexity index is 3090. The van der Waals surface area contributed by atoms with Crippen molar-refractivity contribution < 1.29 is 0 Å². The van der Waals surface area contributed by atoms with Gasteiger partial charge in [-0.25, -0.2) is 0 Å². The van der Waals surface area contributed by atoms with Crippen LogP contribution in [0.25, 0.3) is 93.3 Å². The highest BCUT2D eigenvalue weighted by atomic mass is 15.1. The summed E-state index contributed by atoms with van der Waals surface area (Å²) in [4.78, 5) is 0. The molecule has 0 aliphatic heterocycles. The second-order valence-corrected chi connectivity index (χ2v) is 12.9. The Hall–Kier alpha value is -6.58. The summed E-state index contributed by atoms with van der Waals surface area (Å²) in [6.07, 6.45) is 0. The summed E-state index contributed by atoms with van der Waals surface area (Å²) >= 11 is 0. The Morgan fingerprint density at radius 2 is 0.694 bits per heavy atom. The molecule has 3 heteroatoms. The maximum absolute atomic E-state index is 2.49. The third-order valence-corrected chi connectivity index (χ3v) is 10.4. The van der Waals surface area contributed by atoms with Crippen LogP contribution in [0.5, 0.6) is 0 Å². The Morgan fingerprint density at radius 3 is 1.31 bits per heavy atom. The number of fused-ring (bicyclic) bond motifs is 12. The number of aromatic nitrogens is 3. The van der Waals surface area contributed by atoms with Crippen LogP contribution in [-0.4, -0.2) is 13.7 Å². The third kappa shape index (κ3) is 3.56. The summed E-state index contributed by atoms with van der Waals surface area (Å²) < 4.78 is 7.33. The number of hydrogen-bond donors (Lipinski definition) is 0. The Balaban J connectivity index is 1.29. The van der Waals surface area contributed by atoms with Crippen LogP contribution in [-0.2, 0) is 0 Å². The van der Waals surface area contributed by atoms with Crippen molar-refractivity contribution in [2.24, 2.45) is 0 Å². The second-order valence-electron chi connectivity index (χ2n) is 12.9. The van der Waals surface area contributed by atoms with E-state index in [-0.39, 0.29) is 0 Å². The molecule has 0 atom stereocenters. The molecule has 3 nitrogen and oxygen atoms in total. The molecule has 0 aliphatic rings. The quantitative estimate of drug-likeness (QED) is 0.186. The maximum atomic E-state index is 2.49. The number of benzene rings is 8. The van der Waals surface area contributed by atoms with Crippen molar-refractivity contribution in [3.05, 3.63) is 176 Å². The summed E-state index contributed by atoms with van der Waals surface area (Å²) in [5, 5.41) is 10.2. The van der Waals surface area contributed by atoms with Crippen molar-refractivity contribution in [1.82, 2.24) is 13.7 Å². The first-order chi connectivity index (χ1) is 24.4. The van der Waals surface area contributed by atoms with Crippen molar-refractivity contribution >= 4 is 76.2 Å². The molecule has 0 aliphatic carbocycles. The standard InChI is InChI=1S/C46H29N3/c1-3-14-30(15-4-1)47-39-23-11-8-19-36(39)44-33-27-29-42-45(34(33)26-28-41(44)47)37-20-9-12-24-40(37)49(42)43-25-13-21-35-32-18-7-10-22-38(32)48(46(35)43)31-16-5-2-6-17-31/h1-29H. The summed E-state index contributed by atoms with van der Waals surface area (Å²) in [6.45, 7) is 0. The fraction of sp³-hybridized carbons (Fsp3) is 0. The molecule has 0 saturated heterocycles. The van der Waals surface area contributed by atoms with E-state index in [0.29, 0.717) is 0 Å². The molecule has 3 aromatic heterocycles. The normalized spacial score (nSPS) is 12.1. The van der Waals surface area contributed by atoms with E-state index in [1.54, 1.807) is 0 Å². The van der Waals surface area contributed by atoms with Crippen LogP contribution < -0.4 is 0 Å². The lowest BCUT2D eigenvalue weighted by atomic mass is 9.99. The number of nitrogens with zero attached hydrogens (tertiary/aromatic N) is 3. The van der Waals surface area contributed by atoms with E-state index in [1.807, 2.05) is 0 Å². The van der Waals surface area contributed by atoms with Gasteiger partial charge < -0.3 is 13.7 Å². The number of hydrogen-bond acceptors (Lipinski definition) is 0. The summed E-state index contributed by atoms with van der Waals surface area (Å²) in [5.74, 6) is 0. The zero-order valence-electron chi connectivity index (χ0n) is 26.6. The smallest absolute Gasteiger partial charge is 0.0782 e. The first-order valence-electron chi connectivity index (χ1n) is 16.9. The molecule has 11 aromatic rings. The van der Waals surface area contributed by atoms with Crippen LogP contribution in [0, 0.1) is 0 Å². The zero-order chi connectivity index (χ0) is 32.1. The molecule has 0 N–H and O–H groups in total. The Labute approximate surface area is 282 Å². The minimum Gasteiger partial charge on any atom is -0.309 e. The average Bonchev–Trinajstić information content (AvgIpc) is 3.81. The minimum absolute atomic E-state index is 1.16. The molecule has 3 heterocycles. The van der Waals surface area contributed by atoms with Gasteiger partial charge in [-0.15, -0.1) is 0 Å². The highest BCUT2D eigenvalue weighted by Gasteiger charge is 2.22. The van der Waals surface area contributed by atoms with E-state index in [9.17, 15) is 0 Å². The van der Waals surface area contributed by atoms with Crippen LogP contribution in [0.1, 0.15) is 0 Å². The molecule has 11 rings (SSSR count). The molecule has 0 bridgehead atoms. The lowest BCUT2D eigenvalue weighted by molar-refractivity contribution is 1.13. The molecule has 8 aromatic carbocycles. The van der Waals surface area contributed by atoms with Crippen molar-refractivity contribution in [1.29, 1.82) is 0 Å². The lowest BCUT2D eigenvalue weighted by Gasteiger charge is -2.14. The monoisotopic (exact) mass is 623 g/mol. The van der Waals surface area contributed by atoms with Crippen molar-refractivity contribution in [2.45, 2.75) is 0 Å². The van der Waals surface area contributed by atoms with Crippen molar-refractivity contribution in [2.75, 3.05) is 0 Å². The van der Waals surface area contributed by atoms with Crippen LogP contribution >= 0.6 is 0 Å². The fourth-order valence-electron chi connectivity index (χ4n) is 8.48. The van der Waals surface area contributed by atoms with Gasteiger partial charge >= 0.3 is 0 Å². The molecule has 0 amide bonds. The Morgan fingerprint density at radius 1 is 0.245 bits per heavy atom. The van der Waals surface area contributed by atoms with E-state index in [2.05, 4.69) is 190 Å². The van der Waals surface area contributed by atoms with Gasteiger partial charge in [0.05, 0.1) is 38.8 Å². The van der Waals surface area contributed by atoms with Gasteiger partial charge in [0.2, 0.25) is 0 Å². The summed E-state index contributed by atoms with van der Waals surface area (Å²) in [7, 11) is 0. The highest BCUT2D eigenvalue weighted by Crippen LogP contribution is 2.44. The maximum Gasteiger partial charge on any atom is 0.0782 e. The first kappa shape index (κ1) is 26.5. The summed E-state index contributed by atoms with van der Waals surface area (Å²) in [6, 6.07) is 64.1. The number of para-hydroxylation sites is 6. The highest BCUT2D eigenvalue weighted by molar-refractivity contribution is 6.30. The molecular formula is C46H29N3. The largest absolute Gasteiger partial charge is 0.309 e. The third-order valence-electron chi connectivity index (χ3n) is 10.4. The van der Waals surface area contributed by atoms with E-state index in [0.717, 1.165) is 5.69 Å². The van der Waals surface area contributed by atoms with Crippen molar-refractivity contribution in [3.63, 3.8) is 0 Å². The van der Waals surface area contributed by atoms with Crippen LogP contribution in [0.3, 0.4) is 0 Å². The van der Waals surface area contributed by atoms with E-state index < -0.39 is 0 Å². The van der Waals surface area contributed by atoms with Gasteiger partial charge in [0.1, 0.15) is 0 Å². The SMILES string of the molecule is c1ccc(-n2c3ccccc3c3c4ccc5c(c4ccc32)c2ccccc2n5-c2cccc3c4ccccc4n(-c4ccccc4)c23)cc1. The fourth-order valence-corrected chi connectivity index (χ4v) is 8.48.